The topological polar surface area (TPSA) is 52.3 Å². The Morgan fingerprint density at radius 3 is 2.70 bits per heavy atom. The van der Waals surface area contributed by atoms with Gasteiger partial charge in [0.25, 0.3) is 0 Å². The second kappa shape index (κ2) is 6.19. The van der Waals surface area contributed by atoms with Crippen LogP contribution in [0.15, 0.2) is 42.5 Å². The molecule has 0 aromatic heterocycles. The number of aryl methyl sites for hydroxylation is 1. The Hall–Kier alpha value is -2.36. The van der Waals surface area contributed by atoms with E-state index in [0.29, 0.717) is 12.1 Å². The molecule has 0 aliphatic heterocycles. The smallest absolute Gasteiger partial charge is 0.175 e. The van der Waals surface area contributed by atoms with E-state index in [2.05, 4.69) is 0 Å². The Labute approximate surface area is 117 Å². The highest BCUT2D eigenvalue weighted by Gasteiger charge is 2.15. The monoisotopic (exact) mass is 273 g/mol. The third-order valence-corrected chi connectivity index (χ3v) is 3.08. The molecule has 0 atom stereocenters. The lowest BCUT2D eigenvalue weighted by atomic mass is 10.0. The van der Waals surface area contributed by atoms with Crippen molar-refractivity contribution in [3.05, 3.63) is 59.4 Å². The van der Waals surface area contributed by atoms with Crippen LogP contribution in [0.25, 0.3) is 0 Å². The molecular weight excluding hydrogens is 257 g/mol. The van der Waals surface area contributed by atoms with Crippen LogP contribution in [0.5, 0.6) is 5.75 Å². The van der Waals surface area contributed by atoms with Crippen molar-refractivity contribution in [2.24, 2.45) is 0 Å². The van der Waals surface area contributed by atoms with Gasteiger partial charge in [0.1, 0.15) is 0 Å². The van der Waals surface area contributed by atoms with Gasteiger partial charge < -0.3 is 10.5 Å². The van der Waals surface area contributed by atoms with E-state index in [0.717, 1.165) is 5.56 Å². The lowest BCUT2D eigenvalue weighted by Gasteiger charge is -2.07. The molecule has 2 rings (SSSR count). The number of halogens is 1. The molecule has 0 aliphatic carbocycles. The van der Waals surface area contributed by atoms with Crippen LogP contribution in [0.4, 0.5) is 10.1 Å². The summed E-state index contributed by atoms with van der Waals surface area (Å²) in [5.74, 6) is -0.767. The SMILES string of the molecule is COc1cccc(C(=O)CCc2cccc(N)c2)c1F. The highest BCUT2D eigenvalue weighted by atomic mass is 19.1. The maximum absolute atomic E-state index is 13.9. The van der Waals surface area contributed by atoms with Crippen LogP contribution < -0.4 is 10.5 Å². The van der Waals surface area contributed by atoms with Gasteiger partial charge in [-0.3, -0.25) is 4.79 Å². The molecule has 2 aromatic rings. The fourth-order valence-electron chi connectivity index (χ4n) is 2.02. The lowest BCUT2D eigenvalue weighted by Crippen LogP contribution is -2.05. The molecule has 20 heavy (non-hydrogen) atoms. The molecule has 0 unspecified atom stereocenters. The zero-order chi connectivity index (χ0) is 14.5. The van der Waals surface area contributed by atoms with Gasteiger partial charge in [-0.1, -0.05) is 18.2 Å². The first-order chi connectivity index (χ1) is 9.61. The van der Waals surface area contributed by atoms with E-state index in [1.54, 1.807) is 12.1 Å². The summed E-state index contributed by atoms with van der Waals surface area (Å²) in [6.45, 7) is 0. The van der Waals surface area contributed by atoms with Gasteiger partial charge >= 0.3 is 0 Å². The number of carbonyl (C=O) groups is 1. The molecule has 2 N–H and O–H groups in total. The summed E-state index contributed by atoms with van der Waals surface area (Å²) < 4.78 is 18.8. The fourth-order valence-corrected chi connectivity index (χ4v) is 2.02. The maximum Gasteiger partial charge on any atom is 0.175 e. The van der Waals surface area contributed by atoms with Crippen LogP contribution >= 0.6 is 0 Å². The first-order valence-corrected chi connectivity index (χ1v) is 6.32. The Kier molecular flexibility index (Phi) is 4.35. The number of hydrogen-bond donors (Lipinski definition) is 1. The number of benzene rings is 2. The molecule has 2 aromatic carbocycles. The molecule has 104 valence electrons. The summed E-state index contributed by atoms with van der Waals surface area (Å²) >= 11 is 0. The van der Waals surface area contributed by atoms with Crippen molar-refractivity contribution < 1.29 is 13.9 Å². The number of carbonyl (C=O) groups excluding carboxylic acids is 1. The molecule has 0 fully saturated rings. The van der Waals surface area contributed by atoms with Crippen LogP contribution in [0.3, 0.4) is 0 Å². The summed E-state index contributed by atoms with van der Waals surface area (Å²) in [5, 5.41) is 0. The summed E-state index contributed by atoms with van der Waals surface area (Å²) in [5.41, 5.74) is 7.35. The number of nitrogen functional groups attached to an aromatic ring is 1. The van der Waals surface area contributed by atoms with Gasteiger partial charge in [0.05, 0.1) is 12.7 Å². The van der Waals surface area contributed by atoms with Crippen molar-refractivity contribution in [2.75, 3.05) is 12.8 Å². The number of methoxy groups -OCH3 is 1. The zero-order valence-electron chi connectivity index (χ0n) is 11.2. The van der Waals surface area contributed by atoms with Crippen molar-refractivity contribution in [3.63, 3.8) is 0 Å². The minimum Gasteiger partial charge on any atom is -0.494 e. The molecule has 0 saturated heterocycles. The summed E-state index contributed by atoms with van der Waals surface area (Å²) in [7, 11) is 1.37. The number of ketones is 1. The van der Waals surface area contributed by atoms with Crippen LogP contribution in [0, 0.1) is 5.82 Å². The number of nitrogens with two attached hydrogens (primary N) is 1. The van der Waals surface area contributed by atoms with Gasteiger partial charge in [0, 0.05) is 12.1 Å². The Bertz CT molecular complexity index is 626. The van der Waals surface area contributed by atoms with Crippen molar-refractivity contribution in [2.45, 2.75) is 12.8 Å². The van der Waals surface area contributed by atoms with Crippen molar-refractivity contribution in [1.29, 1.82) is 0 Å². The van der Waals surface area contributed by atoms with Gasteiger partial charge in [0.2, 0.25) is 0 Å². The molecule has 0 heterocycles. The van der Waals surface area contributed by atoms with Gasteiger partial charge in [0.15, 0.2) is 17.3 Å². The minimum absolute atomic E-state index is 0.0632. The van der Waals surface area contributed by atoms with Gasteiger partial charge in [-0.15, -0.1) is 0 Å². The number of Topliss-reactive ketones (excluding diaryl/α,β-unsaturated/α-hetero) is 1. The van der Waals surface area contributed by atoms with Crippen molar-refractivity contribution in [1.82, 2.24) is 0 Å². The average molecular weight is 273 g/mol. The maximum atomic E-state index is 13.9. The Balaban J connectivity index is 2.09. The molecule has 0 aliphatic rings. The quantitative estimate of drug-likeness (QED) is 0.672. The highest BCUT2D eigenvalue weighted by Crippen LogP contribution is 2.21. The number of hydrogen-bond acceptors (Lipinski definition) is 3. The van der Waals surface area contributed by atoms with E-state index in [1.807, 2.05) is 18.2 Å². The van der Waals surface area contributed by atoms with Gasteiger partial charge in [-0.05, 0) is 36.2 Å². The van der Waals surface area contributed by atoms with E-state index >= 15 is 0 Å². The lowest BCUT2D eigenvalue weighted by molar-refractivity contribution is 0.0978. The van der Waals surface area contributed by atoms with Crippen LogP contribution in [-0.4, -0.2) is 12.9 Å². The second-order valence-corrected chi connectivity index (χ2v) is 4.49. The van der Waals surface area contributed by atoms with Crippen LogP contribution in [-0.2, 0) is 6.42 Å². The number of rotatable bonds is 5. The zero-order valence-corrected chi connectivity index (χ0v) is 11.2. The van der Waals surface area contributed by atoms with Crippen molar-refractivity contribution in [3.8, 4) is 5.75 Å². The predicted octanol–water partition coefficient (Wildman–Crippen LogP) is 3.23. The highest BCUT2D eigenvalue weighted by molar-refractivity contribution is 5.96. The molecule has 4 heteroatoms. The number of ether oxygens (including phenoxy) is 1. The number of anilines is 1. The summed E-state index contributed by atoms with van der Waals surface area (Å²) in [6.07, 6.45) is 0.758. The molecule has 0 bridgehead atoms. The fraction of sp³-hybridized carbons (Fsp3) is 0.188. The molecule has 0 radical (unpaired) electrons. The van der Waals surface area contributed by atoms with Crippen LogP contribution in [0.1, 0.15) is 22.3 Å². The summed E-state index contributed by atoms with van der Waals surface area (Å²) in [6, 6.07) is 11.9. The third-order valence-electron chi connectivity index (χ3n) is 3.08. The van der Waals surface area contributed by atoms with E-state index < -0.39 is 5.82 Å². The predicted molar refractivity (Wildman–Crippen MR) is 76.5 cm³/mol. The molecule has 0 spiro atoms. The second-order valence-electron chi connectivity index (χ2n) is 4.49. The van der Waals surface area contributed by atoms with Crippen molar-refractivity contribution >= 4 is 11.5 Å². The Morgan fingerprint density at radius 1 is 1.25 bits per heavy atom. The first-order valence-electron chi connectivity index (χ1n) is 6.32. The van der Waals surface area contributed by atoms with E-state index in [4.69, 9.17) is 10.5 Å². The standard InChI is InChI=1S/C16H16FNO2/c1-20-15-7-3-6-13(16(15)17)14(19)9-8-11-4-2-5-12(18)10-11/h2-7,10H,8-9,18H2,1H3. The third kappa shape index (κ3) is 3.15. The average Bonchev–Trinajstić information content (AvgIpc) is 2.45. The van der Waals surface area contributed by atoms with Gasteiger partial charge in [-0.2, -0.15) is 0 Å². The molecule has 3 nitrogen and oxygen atoms in total. The van der Waals surface area contributed by atoms with Gasteiger partial charge in [-0.25, -0.2) is 4.39 Å². The van der Waals surface area contributed by atoms with E-state index in [1.165, 1.54) is 19.2 Å². The molecule has 0 saturated carbocycles. The van der Waals surface area contributed by atoms with E-state index in [9.17, 15) is 9.18 Å². The molecular formula is C16H16FNO2. The Morgan fingerprint density at radius 2 is 2.00 bits per heavy atom. The first kappa shape index (κ1) is 14.1. The summed E-state index contributed by atoms with van der Waals surface area (Å²) in [4.78, 5) is 12.1. The van der Waals surface area contributed by atoms with Crippen LogP contribution in [0.2, 0.25) is 0 Å². The molecule has 0 amide bonds. The largest absolute Gasteiger partial charge is 0.494 e. The minimum atomic E-state index is -0.604. The normalized spacial score (nSPS) is 10.3. The van der Waals surface area contributed by atoms with E-state index in [-0.39, 0.29) is 23.5 Å².